The lowest BCUT2D eigenvalue weighted by atomic mass is 9.75. The molecule has 0 aromatic heterocycles. The molecule has 1 saturated carbocycles. The summed E-state index contributed by atoms with van der Waals surface area (Å²) < 4.78 is 0. The number of nitrogens with one attached hydrogen (secondary N) is 3. The second-order valence-corrected chi connectivity index (χ2v) is 6.79. The van der Waals surface area contributed by atoms with Crippen LogP contribution in [0, 0.1) is 5.41 Å². The number of amides is 3. The van der Waals surface area contributed by atoms with Crippen molar-refractivity contribution < 1.29 is 9.59 Å². The SMILES string of the molecule is CN=C(NCCN1C(=O)CNC1=O)NC1CCC(C)(C)CC1.I. The number of carbonyl (C=O) groups excluding carboxylic acids is 2. The first kappa shape index (κ1) is 20.0. The van der Waals surface area contributed by atoms with Gasteiger partial charge in [-0.25, -0.2) is 4.79 Å². The first-order valence-corrected chi connectivity index (χ1v) is 7.97. The van der Waals surface area contributed by atoms with Crippen molar-refractivity contribution in [3.05, 3.63) is 0 Å². The molecule has 2 rings (SSSR count). The van der Waals surface area contributed by atoms with Gasteiger partial charge in [-0.1, -0.05) is 13.8 Å². The Labute approximate surface area is 155 Å². The summed E-state index contributed by atoms with van der Waals surface area (Å²) in [6.07, 6.45) is 4.70. The van der Waals surface area contributed by atoms with Gasteiger partial charge >= 0.3 is 6.03 Å². The Kier molecular flexibility index (Phi) is 7.56. The van der Waals surface area contributed by atoms with E-state index in [1.165, 1.54) is 17.7 Å². The predicted octanol–water partition coefficient (Wildman–Crippen LogP) is 1.29. The smallest absolute Gasteiger partial charge is 0.324 e. The molecule has 0 unspecified atom stereocenters. The molecule has 7 nitrogen and oxygen atoms in total. The highest BCUT2D eigenvalue weighted by Crippen LogP contribution is 2.34. The molecule has 23 heavy (non-hydrogen) atoms. The lowest BCUT2D eigenvalue weighted by molar-refractivity contribution is -0.124. The van der Waals surface area contributed by atoms with Crippen LogP contribution in [0.4, 0.5) is 4.79 Å². The first-order chi connectivity index (χ1) is 10.4. The van der Waals surface area contributed by atoms with Crippen molar-refractivity contribution in [2.75, 3.05) is 26.7 Å². The van der Waals surface area contributed by atoms with Gasteiger partial charge < -0.3 is 16.0 Å². The Hall–Kier alpha value is -1.06. The maximum atomic E-state index is 11.5. The number of nitrogens with zero attached hydrogens (tertiary/aromatic N) is 2. The minimum absolute atomic E-state index is 0. The molecule has 0 aromatic rings. The number of hydrogen-bond donors (Lipinski definition) is 3. The Morgan fingerprint density at radius 2 is 2.00 bits per heavy atom. The fourth-order valence-electron chi connectivity index (χ4n) is 2.90. The normalized spacial score (nSPS) is 21.7. The van der Waals surface area contributed by atoms with Gasteiger partial charge in [-0.15, -0.1) is 24.0 Å². The quantitative estimate of drug-likeness (QED) is 0.268. The highest BCUT2D eigenvalue weighted by atomic mass is 127. The van der Waals surface area contributed by atoms with E-state index in [0.717, 1.165) is 18.8 Å². The molecule has 3 N–H and O–H groups in total. The number of urea groups is 1. The van der Waals surface area contributed by atoms with Crippen molar-refractivity contribution >= 4 is 41.9 Å². The Bertz CT molecular complexity index is 441. The summed E-state index contributed by atoms with van der Waals surface area (Å²) in [5.41, 5.74) is 0.443. The van der Waals surface area contributed by atoms with Gasteiger partial charge in [0.15, 0.2) is 5.96 Å². The number of hydrogen-bond acceptors (Lipinski definition) is 3. The van der Waals surface area contributed by atoms with Gasteiger partial charge in [-0.3, -0.25) is 14.7 Å². The summed E-state index contributed by atoms with van der Waals surface area (Å²) in [6.45, 7) is 5.58. The van der Waals surface area contributed by atoms with Gasteiger partial charge in [0.1, 0.15) is 0 Å². The van der Waals surface area contributed by atoms with Crippen LogP contribution >= 0.6 is 24.0 Å². The maximum Gasteiger partial charge on any atom is 0.324 e. The Morgan fingerprint density at radius 3 is 2.52 bits per heavy atom. The largest absolute Gasteiger partial charge is 0.355 e. The molecule has 2 fully saturated rings. The molecule has 0 spiro atoms. The minimum Gasteiger partial charge on any atom is -0.355 e. The fourth-order valence-corrected chi connectivity index (χ4v) is 2.90. The van der Waals surface area contributed by atoms with Crippen LogP contribution in [0.25, 0.3) is 0 Å². The van der Waals surface area contributed by atoms with Crippen LogP contribution in [0.1, 0.15) is 39.5 Å². The number of rotatable bonds is 4. The predicted molar refractivity (Wildman–Crippen MR) is 101 cm³/mol. The average molecular weight is 437 g/mol. The van der Waals surface area contributed by atoms with Crippen molar-refractivity contribution in [3.8, 4) is 0 Å². The molecule has 0 atom stereocenters. The van der Waals surface area contributed by atoms with E-state index in [-0.39, 0.29) is 42.5 Å². The average Bonchev–Trinajstić information content (AvgIpc) is 2.79. The molecule has 2 aliphatic rings. The zero-order valence-electron chi connectivity index (χ0n) is 14.1. The summed E-state index contributed by atoms with van der Waals surface area (Å²) in [7, 11) is 1.73. The van der Waals surface area contributed by atoms with Crippen LogP contribution in [-0.2, 0) is 4.79 Å². The molecular formula is C15H28IN5O2. The zero-order chi connectivity index (χ0) is 16.2. The Balaban J connectivity index is 0.00000264. The van der Waals surface area contributed by atoms with Gasteiger partial charge in [0, 0.05) is 26.2 Å². The highest BCUT2D eigenvalue weighted by molar-refractivity contribution is 14.0. The van der Waals surface area contributed by atoms with Gasteiger partial charge in [-0.2, -0.15) is 0 Å². The van der Waals surface area contributed by atoms with Crippen molar-refractivity contribution in [2.24, 2.45) is 10.4 Å². The van der Waals surface area contributed by atoms with E-state index in [2.05, 4.69) is 34.8 Å². The summed E-state index contributed by atoms with van der Waals surface area (Å²) in [4.78, 5) is 28.3. The standard InChI is InChI=1S/C15H27N5O2.HI/c1-15(2)6-4-11(5-7-15)19-13(16-3)17-8-9-20-12(21)10-18-14(20)22;/h11H,4-10H2,1-3H3,(H,18,22)(H2,16,17,19);1H. The Morgan fingerprint density at radius 1 is 1.35 bits per heavy atom. The zero-order valence-corrected chi connectivity index (χ0v) is 16.5. The molecule has 3 amide bonds. The second kappa shape index (κ2) is 8.70. The third-order valence-corrected chi connectivity index (χ3v) is 4.47. The van der Waals surface area contributed by atoms with Gasteiger partial charge in [0.05, 0.1) is 6.54 Å². The van der Waals surface area contributed by atoms with Crippen molar-refractivity contribution in [3.63, 3.8) is 0 Å². The van der Waals surface area contributed by atoms with E-state index in [4.69, 9.17) is 0 Å². The van der Waals surface area contributed by atoms with Crippen molar-refractivity contribution in [1.82, 2.24) is 20.9 Å². The number of imide groups is 1. The van der Waals surface area contributed by atoms with Gasteiger partial charge in [0.2, 0.25) is 5.91 Å². The molecule has 1 saturated heterocycles. The molecule has 0 radical (unpaired) electrons. The topological polar surface area (TPSA) is 85.8 Å². The van der Waals surface area contributed by atoms with E-state index >= 15 is 0 Å². The molecule has 0 bridgehead atoms. The summed E-state index contributed by atoms with van der Waals surface area (Å²) in [5, 5.41) is 9.11. The van der Waals surface area contributed by atoms with Gasteiger partial charge in [-0.05, 0) is 31.1 Å². The highest BCUT2D eigenvalue weighted by Gasteiger charge is 2.28. The van der Waals surface area contributed by atoms with E-state index in [9.17, 15) is 9.59 Å². The number of carbonyl (C=O) groups is 2. The van der Waals surface area contributed by atoms with E-state index in [0.29, 0.717) is 24.5 Å². The van der Waals surface area contributed by atoms with Gasteiger partial charge in [0.25, 0.3) is 0 Å². The van der Waals surface area contributed by atoms with Crippen LogP contribution in [0.3, 0.4) is 0 Å². The molecule has 8 heteroatoms. The molecule has 1 heterocycles. The minimum atomic E-state index is -0.316. The third kappa shape index (κ3) is 5.82. The molecular weight excluding hydrogens is 409 g/mol. The maximum absolute atomic E-state index is 11.5. The fraction of sp³-hybridized carbons (Fsp3) is 0.800. The number of aliphatic imine (C=N–C) groups is 1. The van der Waals surface area contributed by atoms with Crippen LogP contribution in [0.15, 0.2) is 4.99 Å². The first-order valence-electron chi connectivity index (χ1n) is 7.97. The third-order valence-electron chi connectivity index (χ3n) is 4.47. The van der Waals surface area contributed by atoms with Crippen LogP contribution in [0.5, 0.6) is 0 Å². The van der Waals surface area contributed by atoms with E-state index in [1.807, 2.05) is 0 Å². The number of guanidine groups is 1. The molecule has 132 valence electrons. The van der Waals surface area contributed by atoms with E-state index < -0.39 is 0 Å². The molecule has 1 aliphatic carbocycles. The monoisotopic (exact) mass is 437 g/mol. The lowest BCUT2D eigenvalue weighted by Crippen LogP contribution is -2.47. The summed E-state index contributed by atoms with van der Waals surface area (Å²) in [6, 6.07) is 0.125. The van der Waals surface area contributed by atoms with Crippen LogP contribution in [0.2, 0.25) is 0 Å². The van der Waals surface area contributed by atoms with Crippen molar-refractivity contribution in [2.45, 2.75) is 45.6 Å². The van der Waals surface area contributed by atoms with Crippen LogP contribution in [-0.4, -0.2) is 55.5 Å². The second-order valence-electron chi connectivity index (χ2n) is 6.79. The molecule has 1 aliphatic heterocycles. The molecule has 0 aromatic carbocycles. The van der Waals surface area contributed by atoms with Crippen molar-refractivity contribution in [1.29, 1.82) is 0 Å². The number of halogens is 1. The lowest BCUT2D eigenvalue weighted by Gasteiger charge is -2.35. The summed E-state index contributed by atoms with van der Waals surface area (Å²) in [5.74, 6) is 0.556. The van der Waals surface area contributed by atoms with Crippen LogP contribution < -0.4 is 16.0 Å². The van der Waals surface area contributed by atoms with E-state index in [1.54, 1.807) is 7.05 Å². The summed E-state index contributed by atoms with van der Waals surface area (Å²) >= 11 is 0.